The lowest BCUT2D eigenvalue weighted by atomic mass is 10.0. The van der Waals surface area contributed by atoms with Crippen molar-refractivity contribution in [2.45, 2.75) is 45.9 Å². The Bertz CT molecular complexity index is 366. The molecule has 0 aliphatic rings. The molecule has 92 valence electrons. The van der Waals surface area contributed by atoms with E-state index in [4.69, 9.17) is 4.42 Å². The highest BCUT2D eigenvalue weighted by Gasteiger charge is 2.29. The van der Waals surface area contributed by atoms with Crippen LogP contribution in [0.3, 0.4) is 0 Å². The number of rotatable bonds is 3. The molecule has 1 aromatic rings. The lowest BCUT2D eigenvalue weighted by molar-refractivity contribution is -0.140. The summed E-state index contributed by atoms with van der Waals surface area (Å²) >= 11 is 0. The van der Waals surface area contributed by atoms with Crippen LogP contribution >= 0.6 is 0 Å². The van der Waals surface area contributed by atoms with Gasteiger partial charge in [0, 0.05) is 12.0 Å². The summed E-state index contributed by atoms with van der Waals surface area (Å²) in [7, 11) is 0. The summed E-state index contributed by atoms with van der Waals surface area (Å²) in [5.74, 6) is 1.13. The summed E-state index contributed by atoms with van der Waals surface area (Å²) in [5.41, 5.74) is 1.22. The molecule has 0 fully saturated rings. The van der Waals surface area contributed by atoms with Gasteiger partial charge in [-0.05, 0) is 32.8 Å². The van der Waals surface area contributed by atoms with Crippen LogP contribution in [0.5, 0.6) is 0 Å². The number of hydrogen-bond acceptors (Lipinski definition) is 2. The van der Waals surface area contributed by atoms with Gasteiger partial charge in [0.05, 0.1) is 6.10 Å². The standard InChI is InChI=1S/C11H15F3O2/c1-6-7(2)16-8(3)10(6)9(15)4-5-11(12,13)14/h9,15H,4-5H2,1-3H3. The average Bonchev–Trinajstić information content (AvgIpc) is 2.36. The third-order valence-corrected chi connectivity index (χ3v) is 2.65. The highest BCUT2D eigenvalue weighted by molar-refractivity contribution is 5.33. The summed E-state index contributed by atoms with van der Waals surface area (Å²) in [6.45, 7) is 5.10. The zero-order valence-electron chi connectivity index (χ0n) is 9.48. The Kier molecular flexibility index (Phi) is 3.68. The van der Waals surface area contributed by atoms with E-state index in [9.17, 15) is 18.3 Å². The van der Waals surface area contributed by atoms with Crippen molar-refractivity contribution in [3.8, 4) is 0 Å². The fourth-order valence-electron chi connectivity index (χ4n) is 1.74. The van der Waals surface area contributed by atoms with E-state index in [1.807, 2.05) is 0 Å². The molecule has 0 aromatic carbocycles. The lowest BCUT2D eigenvalue weighted by Crippen LogP contribution is -2.10. The molecular formula is C11H15F3O2. The van der Waals surface area contributed by atoms with Crippen LogP contribution in [-0.2, 0) is 0 Å². The maximum absolute atomic E-state index is 12.0. The number of halogens is 3. The Morgan fingerprint density at radius 3 is 2.12 bits per heavy atom. The van der Waals surface area contributed by atoms with E-state index >= 15 is 0 Å². The molecule has 1 N–H and O–H groups in total. The van der Waals surface area contributed by atoms with Crippen LogP contribution in [0.25, 0.3) is 0 Å². The smallest absolute Gasteiger partial charge is 0.389 e. The van der Waals surface area contributed by atoms with Crippen LogP contribution in [0.2, 0.25) is 0 Å². The molecule has 0 radical (unpaired) electrons. The lowest BCUT2D eigenvalue weighted by Gasteiger charge is -2.12. The molecule has 0 aliphatic carbocycles. The molecule has 1 aromatic heterocycles. The molecule has 2 nitrogen and oxygen atoms in total. The second-order valence-electron chi connectivity index (χ2n) is 3.92. The fraction of sp³-hybridized carbons (Fsp3) is 0.636. The molecule has 0 bridgehead atoms. The van der Waals surface area contributed by atoms with Gasteiger partial charge in [-0.2, -0.15) is 13.2 Å². The summed E-state index contributed by atoms with van der Waals surface area (Å²) in [4.78, 5) is 0. The number of aliphatic hydroxyl groups is 1. The first-order chi connectivity index (χ1) is 7.22. The number of furan rings is 1. The van der Waals surface area contributed by atoms with Gasteiger partial charge in [0.1, 0.15) is 11.5 Å². The molecule has 0 saturated carbocycles. The van der Waals surface area contributed by atoms with Crippen molar-refractivity contribution in [3.63, 3.8) is 0 Å². The predicted octanol–water partition coefficient (Wildman–Crippen LogP) is 3.58. The van der Waals surface area contributed by atoms with Gasteiger partial charge in [-0.15, -0.1) is 0 Å². The third-order valence-electron chi connectivity index (χ3n) is 2.65. The van der Waals surface area contributed by atoms with Crippen molar-refractivity contribution in [2.24, 2.45) is 0 Å². The number of aryl methyl sites for hydroxylation is 2. The molecule has 0 aliphatic heterocycles. The molecule has 0 amide bonds. The van der Waals surface area contributed by atoms with Crippen LogP contribution in [0.1, 0.15) is 41.6 Å². The minimum atomic E-state index is -4.23. The number of aliphatic hydroxyl groups excluding tert-OH is 1. The van der Waals surface area contributed by atoms with E-state index in [0.717, 1.165) is 5.56 Å². The van der Waals surface area contributed by atoms with Gasteiger partial charge in [-0.25, -0.2) is 0 Å². The van der Waals surface area contributed by atoms with Gasteiger partial charge in [0.15, 0.2) is 0 Å². The van der Waals surface area contributed by atoms with Crippen molar-refractivity contribution in [3.05, 3.63) is 22.6 Å². The van der Waals surface area contributed by atoms with E-state index in [1.54, 1.807) is 20.8 Å². The van der Waals surface area contributed by atoms with E-state index < -0.39 is 18.7 Å². The first-order valence-electron chi connectivity index (χ1n) is 5.03. The van der Waals surface area contributed by atoms with Crippen LogP contribution in [-0.4, -0.2) is 11.3 Å². The van der Waals surface area contributed by atoms with Crippen molar-refractivity contribution in [2.75, 3.05) is 0 Å². The van der Waals surface area contributed by atoms with Crippen molar-refractivity contribution < 1.29 is 22.7 Å². The normalized spacial score (nSPS) is 14.2. The van der Waals surface area contributed by atoms with Gasteiger partial charge in [0.2, 0.25) is 0 Å². The minimum absolute atomic E-state index is 0.329. The van der Waals surface area contributed by atoms with E-state index in [2.05, 4.69) is 0 Å². The highest BCUT2D eigenvalue weighted by atomic mass is 19.4. The van der Waals surface area contributed by atoms with E-state index in [-0.39, 0.29) is 6.42 Å². The van der Waals surface area contributed by atoms with E-state index in [0.29, 0.717) is 17.1 Å². The maximum atomic E-state index is 12.0. The summed E-state index contributed by atoms with van der Waals surface area (Å²) in [6, 6.07) is 0. The maximum Gasteiger partial charge on any atom is 0.389 e. The number of alkyl halides is 3. The van der Waals surface area contributed by atoms with Gasteiger partial charge in [0.25, 0.3) is 0 Å². The largest absolute Gasteiger partial charge is 0.466 e. The topological polar surface area (TPSA) is 33.4 Å². The molecule has 1 heterocycles. The zero-order chi connectivity index (χ0) is 12.5. The van der Waals surface area contributed by atoms with Crippen LogP contribution in [0.4, 0.5) is 13.2 Å². The van der Waals surface area contributed by atoms with Crippen molar-refractivity contribution >= 4 is 0 Å². The second kappa shape index (κ2) is 4.49. The Morgan fingerprint density at radius 1 is 1.19 bits per heavy atom. The second-order valence-corrected chi connectivity index (χ2v) is 3.92. The molecule has 1 rings (SSSR count). The molecule has 0 spiro atoms. The fourth-order valence-corrected chi connectivity index (χ4v) is 1.74. The average molecular weight is 236 g/mol. The molecule has 16 heavy (non-hydrogen) atoms. The third kappa shape index (κ3) is 3.01. The molecule has 5 heteroatoms. The number of hydrogen-bond donors (Lipinski definition) is 1. The Labute approximate surface area is 92.1 Å². The van der Waals surface area contributed by atoms with Crippen molar-refractivity contribution in [1.82, 2.24) is 0 Å². The SMILES string of the molecule is Cc1oc(C)c(C(O)CCC(F)(F)F)c1C. The zero-order valence-corrected chi connectivity index (χ0v) is 9.48. The van der Waals surface area contributed by atoms with Crippen LogP contribution in [0.15, 0.2) is 4.42 Å². The van der Waals surface area contributed by atoms with Crippen LogP contribution < -0.4 is 0 Å². The van der Waals surface area contributed by atoms with Gasteiger partial charge < -0.3 is 9.52 Å². The predicted molar refractivity (Wildman–Crippen MR) is 53.2 cm³/mol. The van der Waals surface area contributed by atoms with Gasteiger partial charge in [-0.1, -0.05) is 0 Å². The van der Waals surface area contributed by atoms with E-state index in [1.165, 1.54) is 0 Å². The Balaban J connectivity index is 2.77. The van der Waals surface area contributed by atoms with Crippen molar-refractivity contribution in [1.29, 1.82) is 0 Å². The summed E-state index contributed by atoms with van der Waals surface area (Å²) in [6.07, 6.45) is -6.66. The Morgan fingerprint density at radius 2 is 1.75 bits per heavy atom. The molecule has 1 atom stereocenters. The summed E-state index contributed by atoms with van der Waals surface area (Å²) in [5, 5.41) is 9.70. The molecule has 0 saturated heterocycles. The Hall–Kier alpha value is -0.970. The highest BCUT2D eigenvalue weighted by Crippen LogP contribution is 2.32. The monoisotopic (exact) mass is 236 g/mol. The summed E-state index contributed by atoms with van der Waals surface area (Å²) < 4.78 is 41.3. The quantitative estimate of drug-likeness (QED) is 0.870. The van der Waals surface area contributed by atoms with Gasteiger partial charge >= 0.3 is 6.18 Å². The van der Waals surface area contributed by atoms with Gasteiger partial charge in [-0.3, -0.25) is 0 Å². The first-order valence-corrected chi connectivity index (χ1v) is 5.03. The molecular weight excluding hydrogens is 221 g/mol. The van der Waals surface area contributed by atoms with Crippen LogP contribution in [0, 0.1) is 20.8 Å². The first kappa shape index (κ1) is 13.1. The molecule has 1 unspecified atom stereocenters. The minimum Gasteiger partial charge on any atom is -0.466 e.